The highest BCUT2D eigenvalue weighted by molar-refractivity contribution is 6.30. The summed E-state index contributed by atoms with van der Waals surface area (Å²) >= 11 is 6.05. The first kappa shape index (κ1) is 14.5. The van der Waals surface area contributed by atoms with Crippen LogP contribution in [0.25, 0.3) is 0 Å². The van der Waals surface area contributed by atoms with Crippen molar-refractivity contribution in [1.82, 2.24) is 5.32 Å². The van der Waals surface area contributed by atoms with E-state index in [9.17, 15) is 9.59 Å². The molecule has 5 heteroatoms. The van der Waals surface area contributed by atoms with E-state index in [0.29, 0.717) is 5.56 Å². The average molecular weight is 269 g/mol. The van der Waals surface area contributed by atoms with Crippen molar-refractivity contribution in [2.45, 2.75) is 25.3 Å². The van der Waals surface area contributed by atoms with Gasteiger partial charge in [-0.15, -0.1) is 11.6 Å². The summed E-state index contributed by atoms with van der Waals surface area (Å²) in [5.74, 6) is -1.05. The summed E-state index contributed by atoms with van der Waals surface area (Å²) in [6.07, 6.45) is 0. The smallest absolute Gasteiger partial charge is 0.243 e. The third kappa shape index (κ3) is 3.74. The van der Waals surface area contributed by atoms with Crippen molar-refractivity contribution in [2.75, 3.05) is 0 Å². The van der Waals surface area contributed by atoms with Gasteiger partial charge in [0, 0.05) is 0 Å². The summed E-state index contributed by atoms with van der Waals surface area (Å²) in [6.45, 7) is 3.61. The summed E-state index contributed by atoms with van der Waals surface area (Å²) in [5, 5.41) is 1.74. The Morgan fingerprint density at radius 1 is 1.22 bits per heavy atom. The summed E-state index contributed by atoms with van der Waals surface area (Å²) in [5.41, 5.74) is 5.91. The Morgan fingerprint density at radius 3 is 2.22 bits per heavy atom. The zero-order valence-electron chi connectivity index (χ0n) is 10.4. The second kappa shape index (κ2) is 6.40. The maximum Gasteiger partial charge on any atom is 0.243 e. The average Bonchev–Trinajstić information content (AvgIpc) is 2.35. The molecule has 98 valence electrons. The Morgan fingerprint density at radius 2 is 1.78 bits per heavy atom. The van der Waals surface area contributed by atoms with E-state index in [1.54, 1.807) is 24.3 Å². The Bertz CT molecular complexity index is 420. The number of nitrogens with two attached hydrogens (primary N) is 1. The van der Waals surface area contributed by atoms with Gasteiger partial charge in [0.25, 0.3) is 0 Å². The zero-order valence-corrected chi connectivity index (χ0v) is 11.1. The van der Waals surface area contributed by atoms with Crippen LogP contribution in [0.5, 0.6) is 0 Å². The van der Waals surface area contributed by atoms with Gasteiger partial charge in [-0.05, 0) is 11.5 Å². The third-order valence-electron chi connectivity index (χ3n) is 2.59. The lowest BCUT2D eigenvalue weighted by atomic mass is 10.0. The van der Waals surface area contributed by atoms with Crippen LogP contribution in [0.2, 0.25) is 0 Å². The van der Waals surface area contributed by atoms with Crippen LogP contribution in [0.4, 0.5) is 0 Å². The van der Waals surface area contributed by atoms with Crippen molar-refractivity contribution in [3.63, 3.8) is 0 Å². The molecule has 0 saturated carbocycles. The molecule has 0 bridgehead atoms. The van der Waals surface area contributed by atoms with Gasteiger partial charge in [-0.3, -0.25) is 9.59 Å². The fourth-order valence-corrected chi connectivity index (χ4v) is 1.77. The van der Waals surface area contributed by atoms with Crippen LogP contribution in [0.15, 0.2) is 30.3 Å². The van der Waals surface area contributed by atoms with Crippen molar-refractivity contribution >= 4 is 23.4 Å². The number of rotatable bonds is 5. The quantitative estimate of drug-likeness (QED) is 0.796. The lowest BCUT2D eigenvalue weighted by Crippen LogP contribution is -2.48. The molecule has 0 heterocycles. The van der Waals surface area contributed by atoms with E-state index in [1.165, 1.54) is 0 Å². The molecule has 0 aliphatic rings. The molecule has 1 rings (SSSR count). The number of halogens is 1. The van der Waals surface area contributed by atoms with Crippen molar-refractivity contribution in [2.24, 2.45) is 11.7 Å². The van der Waals surface area contributed by atoms with E-state index < -0.39 is 23.2 Å². The molecule has 0 radical (unpaired) electrons. The molecule has 2 unspecified atom stereocenters. The van der Waals surface area contributed by atoms with E-state index >= 15 is 0 Å². The minimum atomic E-state index is -0.827. The molecule has 0 aliphatic heterocycles. The Balaban J connectivity index is 2.73. The lowest BCUT2D eigenvalue weighted by Gasteiger charge is -2.20. The predicted molar refractivity (Wildman–Crippen MR) is 71.0 cm³/mol. The van der Waals surface area contributed by atoms with Gasteiger partial charge in [-0.2, -0.15) is 0 Å². The largest absolute Gasteiger partial charge is 0.368 e. The van der Waals surface area contributed by atoms with Crippen LogP contribution in [0.3, 0.4) is 0 Å². The van der Waals surface area contributed by atoms with Gasteiger partial charge in [-0.1, -0.05) is 44.2 Å². The number of hydrogen-bond acceptors (Lipinski definition) is 2. The van der Waals surface area contributed by atoms with Crippen LogP contribution >= 0.6 is 11.6 Å². The van der Waals surface area contributed by atoms with E-state index in [0.717, 1.165) is 0 Å². The molecule has 2 amide bonds. The zero-order chi connectivity index (χ0) is 13.7. The highest BCUT2D eigenvalue weighted by Gasteiger charge is 2.25. The molecular formula is C13H17ClN2O2. The van der Waals surface area contributed by atoms with E-state index in [1.807, 2.05) is 19.9 Å². The standard InChI is InChI=1S/C13H17ClN2O2/c1-8(2)11(12(15)17)16-13(18)10(14)9-6-4-3-5-7-9/h3-8,10-11H,1-2H3,(H2,15,17)(H,16,18). The molecule has 0 saturated heterocycles. The van der Waals surface area contributed by atoms with Crippen molar-refractivity contribution in [3.05, 3.63) is 35.9 Å². The summed E-state index contributed by atoms with van der Waals surface area (Å²) in [4.78, 5) is 23.1. The molecule has 1 aromatic carbocycles. The maximum absolute atomic E-state index is 11.9. The summed E-state index contributed by atoms with van der Waals surface area (Å²) in [6, 6.07) is 8.24. The van der Waals surface area contributed by atoms with Crippen molar-refractivity contribution in [3.8, 4) is 0 Å². The highest BCUT2D eigenvalue weighted by Crippen LogP contribution is 2.20. The Kier molecular flexibility index (Phi) is 5.16. The SMILES string of the molecule is CC(C)C(NC(=O)C(Cl)c1ccccc1)C(N)=O. The second-order valence-corrected chi connectivity index (χ2v) is 4.84. The van der Waals surface area contributed by atoms with Crippen LogP contribution < -0.4 is 11.1 Å². The highest BCUT2D eigenvalue weighted by atomic mass is 35.5. The van der Waals surface area contributed by atoms with Crippen molar-refractivity contribution in [1.29, 1.82) is 0 Å². The number of carbonyl (C=O) groups excluding carboxylic acids is 2. The number of hydrogen-bond donors (Lipinski definition) is 2. The molecule has 0 fully saturated rings. The lowest BCUT2D eigenvalue weighted by molar-refractivity contribution is -0.128. The van der Waals surface area contributed by atoms with E-state index in [-0.39, 0.29) is 5.92 Å². The van der Waals surface area contributed by atoms with Gasteiger partial charge in [0.05, 0.1) is 0 Å². The fourth-order valence-electron chi connectivity index (χ4n) is 1.57. The minimum absolute atomic E-state index is 0.0777. The number of primary amides is 1. The van der Waals surface area contributed by atoms with Crippen LogP contribution in [0.1, 0.15) is 24.8 Å². The van der Waals surface area contributed by atoms with E-state index in [4.69, 9.17) is 17.3 Å². The number of benzene rings is 1. The molecule has 0 aliphatic carbocycles. The summed E-state index contributed by atoms with van der Waals surface area (Å²) < 4.78 is 0. The molecule has 18 heavy (non-hydrogen) atoms. The molecular weight excluding hydrogens is 252 g/mol. The van der Waals surface area contributed by atoms with Gasteiger partial charge >= 0.3 is 0 Å². The molecule has 4 nitrogen and oxygen atoms in total. The van der Waals surface area contributed by atoms with Crippen LogP contribution in [-0.4, -0.2) is 17.9 Å². The molecule has 0 aromatic heterocycles. The van der Waals surface area contributed by atoms with Crippen LogP contribution in [-0.2, 0) is 9.59 Å². The number of nitrogens with one attached hydrogen (secondary N) is 1. The van der Waals surface area contributed by atoms with Gasteiger partial charge in [0.15, 0.2) is 0 Å². The number of amides is 2. The van der Waals surface area contributed by atoms with Gasteiger partial charge < -0.3 is 11.1 Å². The first-order chi connectivity index (χ1) is 8.43. The molecule has 3 N–H and O–H groups in total. The maximum atomic E-state index is 11.9. The minimum Gasteiger partial charge on any atom is -0.368 e. The first-order valence-electron chi connectivity index (χ1n) is 5.72. The second-order valence-electron chi connectivity index (χ2n) is 4.41. The Labute approximate surface area is 112 Å². The van der Waals surface area contributed by atoms with Gasteiger partial charge in [0.2, 0.25) is 11.8 Å². The van der Waals surface area contributed by atoms with Crippen molar-refractivity contribution < 1.29 is 9.59 Å². The topological polar surface area (TPSA) is 72.2 Å². The monoisotopic (exact) mass is 268 g/mol. The third-order valence-corrected chi connectivity index (χ3v) is 3.04. The van der Waals surface area contributed by atoms with Gasteiger partial charge in [-0.25, -0.2) is 0 Å². The van der Waals surface area contributed by atoms with Crippen LogP contribution in [0, 0.1) is 5.92 Å². The number of carbonyl (C=O) groups is 2. The fraction of sp³-hybridized carbons (Fsp3) is 0.385. The predicted octanol–water partition coefficient (Wildman–Crippen LogP) is 1.59. The molecule has 2 atom stereocenters. The molecule has 1 aromatic rings. The molecule has 0 spiro atoms. The Hall–Kier alpha value is -1.55. The summed E-state index contributed by atoms with van der Waals surface area (Å²) in [7, 11) is 0. The normalized spacial score (nSPS) is 14.0. The number of alkyl halides is 1. The first-order valence-corrected chi connectivity index (χ1v) is 6.15. The van der Waals surface area contributed by atoms with Gasteiger partial charge in [0.1, 0.15) is 11.4 Å². The van der Waals surface area contributed by atoms with E-state index in [2.05, 4.69) is 5.32 Å².